The summed E-state index contributed by atoms with van der Waals surface area (Å²) >= 11 is 0. The Balaban J connectivity index is 2.37. The predicted molar refractivity (Wildman–Crippen MR) is 226 cm³/mol. The van der Waals surface area contributed by atoms with E-state index in [1.165, 1.54) is 116 Å². The first-order valence-corrected chi connectivity index (χ1v) is 24.5. The van der Waals surface area contributed by atoms with E-state index in [-0.39, 0.29) is 13.0 Å². The zero-order chi connectivity index (χ0) is 42.0. The highest BCUT2D eigenvalue weighted by Crippen LogP contribution is 2.47. The van der Waals surface area contributed by atoms with Crippen molar-refractivity contribution in [2.24, 2.45) is 0 Å². The van der Waals surface area contributed by atoms with Crippen molar-refractivity contribution in [1.29, 1.82) is 0 Å². The van der Waals surface area contributed by atoms with Crippen molar-refractivity contribution in [2.45, 2.75) is 243 Å². The maximum Gasteiger partial charge on any atom is 0.472 e. The zero-order valence-corrected chi connectivity index (χ0v) is 36.8. The van der Waals surface area contributed by atoms with Gasteiger partial charge in [-0.3, -0.25) is 13.8 Å². The summed E-state index contributed by atoms with van der Waals surface area (Å²) in [6, 6.07) is 0. The lowest BCUT2D eigenvalue weighted by molar-refractivity contribution is -0.220. The van der Waals surface area contributed by atoms with Crippen molar-refractivity contribution in [1.82, 2.24) is 0 Å². The molecule has 13 heteroatoms. The number of esters is 1. The summed E-state index contributed by atoms with van der Waals surface area (Å²) in [5, 5.41) is 50.1. The summed E-state index contributed by atoms with van der Waals surface area (Å²) in [4.78, 5) is 23.1. The number of aliphatic hydroxyl groups excluding tert-OH is 5. The second-order valence-electron chi connectivity index (χ2n) is 16.3. The van der Waals surface area contributed by atoms with Crippen LogP contribution in [-0.2, 0) is 27.9 Å². The highest BCUT2D eigenvalue weighted by atomic mass is 31.2. The van der Waals surface area contributed by atoms with E-state index < -0.39 is 63.1 Å². The lowest BCUT2D eigenvalue weighted by Gasteiger charge is -2.41. The molecule has 338 valence electrons. The Bertz CT molecular complexity index is 1000. The molecule has 1 aliphatic rings. The molecule has 0 radical (unpaired) electrons. The number of hydrogen-bond donors (Lipinski definition) is 6. The molecule has 0 amide bonds. The smallest absolute Gasteiger partial charge is 0.457 e. The fourth-order valence-corrected chi connectivity index (χ4v) is 8.15. The van der Waals surface area contributed by atoms with E-state index in [2.05, 4.69) is 26.0 Å². The summed E-state index contributed by atoms with van der Waals surface area (Å²) in [6.45, 7) is 4.24. The number of phosphoric acid groups is 1. The highest BCUT2D eigenvalue weighted by Gasteiger charge is 2.51. The monoisotopic (exact) mass is 837 g/mol. The first-order valence-electron chi connectivity index (χ1n) is 23.0. The number of ether oxygens (including phenoxy) is 2. The van der Waals surface area contributed by atoms with E-state index in [1.54, 1.807) is 0 Å². The molecule has 0 aromatic rings. The average Bonchev–Trinajstić information content (AvgIpc) is 3.19. The molecule has 1 saturated carbocycles. The summed E-state index contributed by atoms with van der Waals surface area (Å²) < 4.78 is 34.1. The number of phosphoric ester groups is 1. The molecule has 0 aromatic carbocycles. The fraction of sp³-hybridized carbons (Fsp3) is 0.932. The van der Waals surface area contributed by atoms with Gasteiger partial charge < -0.3 is 39.9 Å². The molecule has 1 aliphatic carbocycles. The molecular weight excluding hydrogens is 751 g/mol. The van der Waals surface area contributed by atoms with Crippen LogP contribution in [0.2, 0.25) is 0 Å². The molecule has 6 N–H and O–H groups in total. The topological polar surface area (TPSA) is 192 Å². The Morgan fingerprint density at radius 1 is 0.544 bits per heavy atom. The van der Waals surface area contributed by atoms with E-state index in [0.29, 0.717) is 13.0 Å². The molecule has 0 bridgehead atoms. The Hall–Kier alpha value is -0.920. The quantitative estimate of drug-likeness (QED) is 0.0149. The third-order valence-corrected chi connectivity index (χ3v) is 11.9. The van der Waals surface area contributed by atoms with Gasteiger partial charge in [0.15, 0.2) is 0 Å². The van der Waals surface area contributed by atoms with Crippen LogP contribution >= 0.6 is 7.82 Å². The summed E-state index contributed by atoms with van der Waals surface area (Å²) in [5.41, 5.74) is 0. The normalized spacial score (nSPS) is 22.9. The maximum absolute atomic E-state index is 12.8. The first-order chi connectivity index (χ1) is 27.5. The van der Waals surface area contributed by atoms with Crippen LogP contribution in [0.5, 0.6) is 0 Å². The largest absolute Gasteiger partial charge is 0.472 e. The molecule has 6 unspecified atom stereocenters. The highest BCUT2D eigenvalue weighted by molar-refractivity contribution is 7.47. The summed E-state index contributed by atoms with van der Waals surface area (Å²) in [6.07, 6.45) is 25.7. The molecule has 1 rings (SSSR count). The van der Waals surface area contributed by atoms with Crippen LogP contribution in [0.4, 0.5) is 0 Å². The maximum atomic E-state index is 12.8. The van der Waals surface area contributed by atoms with Gasteiger partial charge >= 0.3 is 13.8 Å². The Labute approximate surface area is 346 Å². The van der Waals surface area contributed by atoms with Gasteiger partial charge in [0.25, 0.3) is 0 Å². The van der Waals surface area contributed by atoms with E-state index in [0.717, 1.165) is 57.8 Å². The molecule has 1 fully saturated rings. The fourth-order valence-electron chi connectivity index (χ4n) is 7.17. The predicted octanol–water partition coefficient (Wildman–Crippen LogP) is 9.14. The molecular formula is C44H85O12P. The van der Waals surface area contributed by atoms with Crippen LogP contribution in [0.3, 0.4) is 0 Å². The minimum atomic E-state index is -5.01. The van der Waals surface area contributed by atoms with Crippen molar-refractivity contribution < 1.29 is 58.3 Å². The van der Waals surface area contributed by atoms with Crippen molar-refractivity contribution in [2.75, 3.05) is 19.8 Å². The van der Waals surface area contributed by atoms with Crippen molar-refractivity contribution in [3.8, 4) is 0 Å². The number of aliphatic hydroxyl groups is 5. The molecule has 8 atom stereocenters. The van der Waals surface area contributed by atoms with E-state index in [9.17, 15) is 39.8 Å². The third kappa shape index (κ3) is 28.3. The van der Waals surface area contributed by atoms with E-state index in [4.69, 9.17) is 18.5 Å². The Morgan fingerprint density at radius 3 is 1.42 bits per heavy atom. The zero-order valence-electron chi connectivity index (χ0n) is 35.9. The lowest BCUT2D eigenvalue weighted by Crippen LogP contribution is -2.64. The van der Waals surface area contributed by atoms with Gasteiger partial charge in [-0.2, -0.15) is 0 Å². The molecule has 0 aromatic heterocycles. The second kappa shape index (κ2) is 35.8. The standard InChI is InChI=1S/C44H85O12P/c1-3-5-7-9-11-13-15-17-18-19-20-21-22-24-26-28-30-32-34-53-35-37(55-38(45)33-31-29-27-25-23-16-14-12-10-8-6-4-2)36-54-57(51,52)56-44-42(49)40(47)39(46)41(48)43(44)50/h12,14,37,39-44,46-50H,3-11,13,15-36H2,1-2H3,(H,51,52)/b14-12-/t37-,39?,40-,41?,42?,43?,44?/m1/s1. The molecule has 0 saturated heterocycles. The van der Waals surface area contributed by atoms with Crippen LogP contribution in [0.25, 0.3) is 0 Å². The lowest BCUT2D eigenvalue weighted by atomic mass is 9.85. The molecule has 0 aliphatic heterocycles. The van der Waals surface area contributed by atoms with Gasteiger partial charge in [0.1, 0.15) is 42.7 Å². The van der Waals surface area contributed by atoms with Gasteiger partial charge in [0.2, 0.25) is 0 Å². The average molecular weight is 837 g/mol. The van der Waals surface area contributed by atoms with Crippen molar-refractivity contribution in [3.05, 3.63) is 12.2 Å². The van der Waals surface area contributed by atoms with Gasteiger partial charge in [0.05, 0.1) is 13.2 Å². The number of carbonyl (C=O) groups is 1. The van der Waals surface area contributed by atoms with Gasteiger partial charge in [-0.1, -0.05) is 167 Å². The third-order valence-electron chi connectivity index (χ3n) is 10.9. The van der Waals surface area contributed by atoms with Crippen LogP contribution in [-0.4, -0.2) is 98.9 Å². The molecule has 57 heavy (non-hydrogen) atoms. The van der Waals surface area contributed by atoms with Crippen LogP contribution < -0.4 is 0 Å². The Kier molecular flexibility index (Phi) is 34.0. The molecule has 0 spiro atoms. The number of rotatable bonds is 39. The summed E-state index contributed by atoms with van der Waals surface area (Å²) in [5.74, 6) is -0.484. The van der Waals surface area contributed by atoms with Crippen LogP contribution in [0.1, 0.15) is 200 Å². The van der Waals surface area contributed by atoms with E-state index >= 15 is 0 Å². The number of unbranched alkanes of at least 4 members (excludes halogenated alkanes) is 25. The minimum Gasteiger partial charge on any atom is -0.457 e. The number of hydrogen-bond acceptors (Lipinski definition) is 11. The SMILES string of the molecule is CCCCC/C=C\CCCCCCCC(=O)O[C@H](COCCCCCCCCCCCCCCCCCCCC)COP(=O)(O)OC1C(O)C(O)C(O)[C@@H](O)C1O. The number of allylic oxidation sites excluding steroid dienone is 2. The molecule has 12 nitrogen and oxygen atoms in total. The van der Waals surface area contributed by atoms with Crippen LogP contribution in [0.15, 0.2) is 12.2 Å². The first kappa shape index (κ1) is 54.1. The van der Waals surface area contributed by atoms with E-state index in [1.807, 2.05) is 0 Å². The van der Waals surface area contributed by atoms with Crippen molar-refractivity contribution >= 4 is 13.8 Å². The second-order valence-corrected chi connectivity index (χ2v) is 17.7. The van der Waals surface area contributed by atoms with Gasteiger partial charge in [-0.25, -0.2) is 4.57 Å². The van der Waals surface area contributed by atoms with Crippen LogP contribution in [0, 0.1) is 0 Å². The van der Waals surface area contributed by atoms with Crippen molar-refractivity contribution in [3.63, 3.8) is 0 Å². The molecule has 0 heterocycles. The minimum absolute atomic E-state index is 0.0744. The number of carbonyl (C=O) groups excluding carboxylic acids is 1. The van der Waals surface area contributed by atoms with Gasteiger partial charge in [0, 0.05) is 13.0 Å². The Morgan fingerprint density at radius 2 is 0.930 bits per heavy atom. The van der Waals surface area contributed by atoms with Gasteiger partial charge in [-0.15, -0.1) is 0 Å². The van der Waals surface area contributed by atoms with Gasteiger partial charge in [-0.05, 0) is 38.5 Å². The summed E-state index contributed by atoms with van der Waals surface area (Å²) in [7, 11) is -5.01.